The van der Waals surface area contributed by atoms with E-state index in [0.717, 1.165) is 20.1 Å². The molecule has 3 aromatic carbocycles. The second-order valence-electron chi connectivity index (χ2n) is 7.83. The molecule has 0 N–H and O–H groups in total. The highest BCUT2D eigenvalue weighted by Gasteiger charge is 2.30. The molecule has 1 amide bonds. The number of rotatable bonds is 7. The van der Waals surface area contributed by atoms with Gasteiger partial charge in [-0.05, 0) is 105 Å². The van der Waals surface area contributed by atoms with Crippen LogP contribution in [0.2, 0.25) is 5.02 Å². The summed E-state index contributed by atoms with van der Waals surface area (Å²) in [5.74, 6) is 0.100. The molecule has 10 heteroatoms. The van der Waals surface area contributed by atoms with E-state index in [1.165, 1.54) is 16.7 Å². The number of amides is 1. The van der Waals surface area contributed by atoms with E-state index in [-0.39, 0.29) is 11.9 Å². The number of amidine groups is 1. The second-order valence-corrected chi connectivity index (χ2v) is 11.0. The van der Waals surface area contributed by atoms with Gasteiger partial charge in [0.05, 0.1) is 31.7 Å². The summed E-state index contributed by atoms with van der Waals surface area (Å²) in [7, 11) is 1.68. The maximum Gasteiger partial charge on any atom is 0.338 e. The number of halogens is 3. The average molecular weight is 665 g/mol. The normalized spacial score (nSPS) is 15.5. The smallest absolute Gasteiger partial charge is 0.338 e. The SMILES string of the molecule is CCOC(=O)c1ccc(N=C2SC(=Cc3cc(Br)c(OCc4ccccc4Cl)c(Br)c3)C(=O)N2C)cc1. The number of carbonyl (C=O) groups excluding carboxylic acids is 2. The van der Waals surface area contributed by atoms with Gasteiger partial charge in [-0.1, -0.05) is 29.8 Å². The van der Waals surface area contributed by atoms with Crippen molar-refractivity contribution in [3.05, 3.63) is 96.2 Å². The number of ether oxygens (including phenoxy) is 2. The minimum atomic E-state index is -0.382. The zero-order chi connectivity index (χ0) is 26.5. The maximum atomic E-state index is 12.9. The molecule has 1 heterocycles. The molecule has 0 aliphatic carbocycles. The van der Waals surface area contributed by atoms with Gasteiger partial charge < -0.3 is 9.47 Å². The zero-order valence-electron chi connectivity index (χ0n) is 19.8. The fourth-order valence-corrected chi connectivity index (χ4v) is 5.99. The molecular weight excluding hydrogens is 644 g/mol. The van der Waals surface area contributed by atoms with E-state index in [1.807, 2.05) is 42.5 Å². The third-order valence-corrected chi connectivity index (χ3v) is 7.86. The van der Waals surface area contributed by atoms with Crippen LogP contribution in [-0.2, 0) is 16.1 Å². The standard InChI is InChI=1S/C27H21Br2ClN2O4S/c1-3-35-26(34)17-8-10-19(11-9-17)31-27-32(2)25(33)23(37-27)14-16-12-20(28)24(21(29)13-16)36-15-18-6-4-5-7-22(18)30/h4-14H,3,15H2,1-2H3. The number of thioether (sulfide) groups is 1. The monoisotopic (exact) mass is 662 g/mol. The van der Waals surface area contributed by atoms with Crippen molar-refractivity contribution in [2.24, 2.45) is 4.99 Å². The Labute approximate surface area is 241 Å². The second kappa shape index (κ2) is 12.3. The molecule has 1 fully saturated rings. The Bertz CT molecular complexity index is 1390. The number of hydrogen-bond donors (Lipinski definition) is 0. The van der Waals surface area contributed by atoms with E-state index in [1.54, 1.807) is 38.2 Å². The molecule has 0 radical (unpaired) electrons. The summed E-state index contributed by atoms with van der Waals surface area (Å²) in [4.78, 5) is 31.4. The van der Waals surface area contributed by atoms with Gasteiger partial charge in [0.15, 0.2) is 5.17 Å². The summed E-state index contributed by atoms with van der Waals surface area (Å²) < 4.78 is 12.5. The van der Waals surface area contributed by atoms with Gasteiger partial charge in [-0.2, -0.15) is 0 Å². The molecule has 0 bridgehead atoms. The Morgan fingerprint density at radius 1 is 1.11 bits per heavy atom. The summed E-state index contributed by atoms with van der Waals surface area (Å²) in [5, 5.41) is 1.18. The molecule has 0 unspecified atom stereocenters. The van der Waals surface area contributed by atoms with Crippen LogP contribution in [0.15, 0.2) is 79.5 Å². The molecule has 3 aromatic rings. The molecule has 0 aromatic heterocycles. The Balaban J connectivity index is 1.50. The number of likely N-dealkylation sites (N-methyl/N-ethyl adjacent to an activating group) is 1. The first-order chi connectivity index (χ1) is 17.8. The van der Waals surface area contributed by atoms with Crippen molar-refractivity contribution in [3.63, 3.8) is 0 Å². The number of esters is 1. The molecule has 1 aliphatic rings. The van der Waals surface area contributed by atoms with E-state index >= 15 is 0 Å². The third-order valence-electron chi connectivity index (χ3n) is 5.25. The molecule has 190 valence electrons. The average Bonchev–Trinajstić information content (AvgIpc) is 3.12. The summed E-state index contributed by atoms with van der Waals surface area (Å²) in [6.07, 6.45) is 1.81. The molecule has 0 saturated carbocycles. The zero-order valence-corrected chi connectivity index (χ0v) is 24.6. The quantitative estimate of drug-likeness (QED) is 0.190. The number of nitrogens with zero attached hydrogens (tertiary/aromatic N) is 2. The van der Waals surface area contributed by atoms with E-state index in [9.17, 15) is 9.59 Å². The summed E-state index contributed by atoms with van der Waals surface area (Å²) in [5.41, 5.74) is 2.77. The lowest BCUT2D eigenvalue weighted by molar-refractivity contribution is -0.121. The van der Waals surface area contributed by atoms with Gasteiger partial charge in [0.25, 0.3) is 5.91 Å². The number of hydrogen-bond acceptors (Lipinski definition) is 6. The Kier molecular flexibility index (Phi) is 9.13. The first kappa shape index (κ1) is 27.4. The van der Waals surface area contributed by atoms with Crippen LogP contribution in [0, 0.1) is 0 Å². The maximum absolute atomic E-state index is 12.9. The Morgan fingerprint density at radius 3 is 2.43 bits per heavy atom. The minimum Gasteiger partial charge on any atom is -0.486 e. The summed E-state index contributed by atoms with van der Waals surface area (Å²) in [6.45, 7) is 2.39. The molecular formula is C27H21Br2ClN2O4S. The van der Waals surface area contributed by atoms with Crippen molar-refractivity contribution >= 4 is 84.0 Å². The molecule has 1 saturated heterocycles. The predicted octanol–water partition coefficient (Wildman–Crippen LogP) is 7.85. The molecule has 0 atom stereocenters. The lowest BCUT2D eigenvalue weighted by Gasteiger charge is -2.12. The van der Waals surface area contributed by atoms with E-state index in [4.69, 9.17) is 21.1 Å². The van der Waals surface area contributed by atoms with E-state index in [2.05, 4.69) is 36.9 Å². The fourth-order valence-electron chi connectivity index (χ4n) is 3.37. The van der Waals surface area contributed by atoms with Gasteiger partial charge in [-0.3, -0.25) is 9.69 Å². The van der Waals surface area contributed by atoms with Crippen LogP contribution in [0.25, 0.3) is 6.08 Å². The van der Waals surface area contributed by atoms with E-state index in [0.29, 0.717) is 45.3 Å². The third kappa shape index (κ3) is 6.65. The molecule has 37 heavy (non-hydrogen) atoms. The van der Waals surface area contributed by atoms with Gasteiger partial charge in [0.1, 0.15) is 12.4 Å². The van der Waals surface area contributed by atoms with Crippen molar-refractivity contribution in [1.29, 1.82) is 0 Å². The van der Waals surface area contributed by atoms with E-state index < -0.39 is 0 Å². The Morgan fingerprint density at radius 2 is 1.78 bits per heavy atom. The van der Waals surface area contributed by atoms with Crippen LogP contribution in [0.3, 0.4) is 0 Å². The summed E-state index contributed by atoms with van der Waals surface area (Å²) >= 11 is 14.7. The van der Waals surface area contributed by atoms with Crippen LogP contribution in [0.5, 0.6) is 5.75 Å². The van der Waals surface area contributed by atoms with Gasteiger partial charge in [-0.25, -0.2) is 9.79 Å². The number of benzene rings is 3. The largest absolute Gasteiger partial charge is 0.486 e. The topological polar surface area (TPSA) is 68.2 Å². The Hall–Kier alpha value is -2.59. The highest BCUT2D eigenvalue weighted by atomic mass is 79.9. The lowest BCUT2D eigenvalue weighted by atomic mass is 10.2. The van der Waals surface area contributed by atoms with Crippen molar-refractivity contribution in [1.82, 2.24) is 4.90 Å². The van der Waals surface area contributed by atoms with Crippen molar-refractivity contribution in [3.8, 4) is 5.75 Å². The van der Waals surface area contributed by atoms with Gasteiger partial charge >= 0.3 is 5.97 Å². The highest BCUT2D eigenvalue weighted by Crippen LogP contribution is 2.38. The molecule has 4 rings (SSSR count). The first-order valence-electron chi connectivity index (χ1n) is 11.2. The van der Waals surface area contributed by atoms with Crippen LogP contribution in [-0.4, -0.2) is 35.6 Å². The van der Waals surface area contributed by atoms with Crippen LogP contribution in [0.1, 0.15) is 28.4 Å². The fraction of sp³-hybridized carbons (Fsp3) is 0.148. The van der Waals surface area contributed by atoms with Crippen molar-refractivity contribution in [2.75, 3.05) is 13.7 Å². The molecule has 1 aliphatic heterocycles. The first-order valence-corrected chi connectivity index (χ1v) is 13.9. The van der Waals surface area contributed by atoms with Gasteiger partial charge in [0.2, 0.25) is 0 Å². The molecule has 0 spiro atoms. The highest BCUT2D eigenvalue weighted by molar-refractivity contribution is 9.11. The summed E-state index contributed by atoms with van der Waals surface area (Å²) in [6, 6.07) is 18.0. The minimum absolute atomic E-state index is 0.154. The van der Waals surface area contributed by atoms with Crippen molar-refractivity contribution in [2.45, 2.75) is 13.5 Å². The van der Waals surface area contributed by atoms with Gasteiger partial charge in [0, 0.05) is 17.6 Å². The molecule has 6 nitrogen and oxygen atoms in total. The number of aliphatic imine (C=N–C) groups is 1. The predicted molar refractivity (Wildman–Crippen MR) is 155 cm³/mol. The lowest BCUT2D eigenvalue weighted by Crippen LogP contribution is -2.23. The van der Waals surface area contributed by atoms with Gasteiger partial charge in [-0.15, -0.1) is 0 Å². The van der Waals surface area contributed by atoms with Crippen LogP contribution < -0.4 is 4.74 Å². The van der Waals surface area contributed by atoms with Crippen molar-refractivity contribution < 1.29 is 19.1 Å². The van der Waals surface area contributed by atoms with Crippen LogP contribution >= 0.6 is 55.2 Å². The van der Waals surface area contributed by atoms with Crippen LogP contribution in [0.4, 0.5) is 5.69 Å². The number of carbonyl (C=O) groups is 2.